The van der Waals surface area contributed by atoms with Crippen molar-refractivity contribution in [1.29, 1.82) is 0 Å². The second-order valence-electron chi connectivity index (χ2n) is 5.13. The molecule has 1 fully saturated rings. The van der Waals surface area contributed by atoms with Gasteiger partial charge in [0.05, 0.1) is 0 Å². The first-order valence-electron chi connectivity index (χ1n) is 6.43. The van der Waals surface area contributed by atoms with Crippen molar-refractivity contribution >= 4 is 6.08 Å². The molecule has 2 heteroatoms. The minimum Gasteiger partial charge on any atom is -0.327 e. The number of hydrogen-bond donors (Lipinski definition) is 1. The van der Waals surface area contributed by atoms with E-state index in [0.29, 0.717) is 6.04 Å². The molecule has 0 aromatic heterocycles. The standard InChI is InChI=1S/C15H22N2/c1-13-10-15(16)12-17(11-13)9-5-8-14-6-3-2-4-7-14/h2-8,13,15H,9-12,16H2,1H3. The van der Waals surface area contributed by atoms with E-state index in [1.165, 1.54) is 18.5 Å². The zero-order valence-corrected chi connectivity index (χ0v) is 10.5. The van der Waals surface area contributed by atoms with Gasteiger partial charge in [0.1, 0.15) is 0 Å². The summed E-state index contributed by atoms with van der Waals surface area (Å²) in [7, 11) is 0. The van der Waals surface area contributed by atoms with Crippen molar-refractivity contribution in [1.82, 2.24) is 4.90 Å². The van der Waals surface area contributed by atoms with E-state index in [4.69, 9.17) is 5.73 Å². The minimum atomic E-state index is 0.351. The van der Waals surface area contributed by atoms with Gasteiger partial charge in [-0.05, 0) is 17.9 Å². The fourth-order valence-electron chi connectivity index (χ4n) is 2.56. The molecule has 92 valence electrons. The highest BCUT2D eigenvalue weighted by Gasteiger charge is 2.20. The predicted molar refractivity (Wildman–Crippen MR) is 73.7 cm³/mol. The Balaban J connectivity index is 1.83. The van der Waals surface area contributed by atoms with E-state index in [1.807, 2.05) is 6.07 Å². The first-order valence-corrected chi connectivity index (χ1v) is 6.43. The second kappa shape index (κ2) is 5.99. The molecule has 0 saturated carbocycles. The molecule has 2 nitrogen and oxygen atoms in total. The van der Waals surface area contributed by atoms with E-state index in [9.17, 15) is 0 Å². The Kier molecular flexibility index (Phi) is 4.35. The van der Waals surface area contributed by atoms with Gasteiger partial charge in [-0.3, -0.25) is 4.90 Å². The van der Waals surface area contributed by atoms with Crippen molar-refractivity contribution in [2.75, 3.05) is 19.6 Å². The fourth-order valence-corrected chi connectivity index (χ4v) is 2.56. The van der Waals surface area contributed by atoms with Crippen molar-refractivity contribution in [3.05, 3.63) is 42.0 Å². The topological polar surface area (TPSA) is 29.3 Å². The average molecular weight is 230 g/mol. The molecule has 0 amide bonds. The van der Waals surface area contributed by atoms with E-state index in [2.05, 4.69) is 48.2 Å². The van der Waals surface area contributed by atoms with Gasteiger partial charge in [-0.1, -0.05) is 49.4 Å². The Morgan fingerprint density at radius 3 is 2.76 bits per heavy atom. The third kappa shape index (κ3) is 3.99. The highest BCUT2D eigenvalue weighted by molar-refractivity contribution is 5.48. The smallest absolute Gasteiger partial charge is 0.0170 e. The van der Waals surface area contributed by atoms with E-state index < -0.39 is 0 Å². The lowest BCUT2D eigenvalue weighted by Gasteiger charge is -2.33. The van der Waals surface area contributed by atoms with Crippen molar-refractivity contribution < 1.29 is 0 Å². The monoisotopic (exact) mass is 230 g/mol. The van der Waals surface area contributed by atoms with Crippen LogP contribution in [0.2, 0.25) is 0 Å². The Morgan fingerprint density at radius 2 is 2.06 bits per heavy atom. The van der Waals surface area contributed by atoms with Crippen molar-refractivity contribution in [3.63, 3.8) is 0 Å². The predicted octanol–water partition coefficient (Wildman–Crippen LogP) is 2.37. The molecule has 1 aliphatic rings. The van der Waals surface area contributed by atoms with Gasteiger partial charge in [0.2, 0.25) is 0 Å². The molecule has 2 rings (SSSR count). The van der Waals surface area contributed by atoms with Crippen LogP contribution in [0.1, 0.15) is 18.9 Å². The molecule has 1 aromatic rings. The van der Waals surface area contributed by atoms with Crippen LogP contribution < -0.4 is 5.73 Å². The molecule has 1 aliphatic heterocycles. The highest BCUT2D eigenvalue weighted by atomic mass is 15.1. The maximum absolute atomic E-state index is 6.03. The summed E-state index contributed by atoms with van der Waals surface area (Å²) in [5.41, 5.74) is 7.30. The van der Waals surface area contributed by atoms with Crippen molar-refractivity contribution in [3.8, 4) is 0 Å². The van der Waals surface area contributed by atoms with Crippen LogP contribution in [0.3, 0.4) is 0 Å². The van der Waals surface area contributed by atoms with Crippen LogP contribution in [0.25, 0.3) is 6.08 Å². The van der Waals surface area contributed by atoms with Crippen LogP contribution in [0.15, 0.2) is 36.4 Å². The Morgan fingerprint density at radius 1 is 1.29 bits per heavy atom. The second-order valence-corrected chi connectivity index (χ2v) is 5.13. The van der Waals surface area contributed by atoms with E-state index in [1.54, 1.807) is 0 Å². The average Bonchev–Trinajstić information content (AvgIpc) is 2.29. The number of nitrogens with two attached hydrogens (primary N) is 1. The van der Waals surface area contributed by atoms with Gasteiger partial charge in [0.15, 0.2) is 0 Å². The summed E-state index contributed by atoms with van der Waals surface area (Å²) >= 11 is 0. The first kappa shape index (κ1) is 12.3. The highest BCUT2D eigenvalue weighted by Crippen LogP contribution is 2.14. The molecular formula is C15H22N2. The molecule has 0 bridgehead atoms. The van der Waals surface area contributed by atoms with Gasteiger partial charge in [-0.2, -0.15) is 0 Å². The van der Waals surface area contributed by atoms with Crippen molar-refractivity contribution in [2.45, 2.75) is 19.4 Å². The molecule has 17 heavy (non-hydrogen) atoms. The summed E-state index contributed by atoms with van der Waals surface area (Å²) in [5.74, 6) is 0.726. The number of hydrogen-bond acceptors (Lipinski definition) is 2. The van der Waals surface area contributed by atoms with E-state index in [0.717, 1.165) is 19.0 Å². The molecular weight excluding hydrogens is 208 g/mol. The summed E-state index contributed by atoms with van der Waals surface area (Å²) in [6.07, 6.45) is 5.59. The molecule has 2 unspecified atom stereocenters. The number of likely N-dealkylation sites (tertiary alicyclic amines) is 1. The number of nitrogens with zero attached hydrogens (tertiary/aromatic N) is 1. The van der Waals surface area contributed by atoms with Crippen LogP contribution in [-0.4, -0.2) is 30.6 Å². The van der Waals surface area contributed by atoms with Gasteiger partial charge >= 0.3 is 0 Å². The largest absolute Gasteiger partial charge is 0.327 e. The van der Waals surface area contributed by atoms with Crippen LogP contribution in [0, 0.1) is 5.92 Å². The van der Waals surface area contributed by atoms with Gasteiger partial charge in [-0.15, -0.1) is 0 Å². The molecule has 2 atom stereocenters. The normalized spacial score (nSPS) is 26.5. The van der Waals surface area contributed by atoms with Gasteiger partial charge in [0.25, 0.3) is 0 Å². The minimum absolute atomic E-state index is 0.351. The molecule has 0 aliphatic carbocycles. The summed E-state index contributed by atoms with van der Waals surface area (Å²) < 4.78 is 0. The maximum Gasteiger partial charge on any atom is 0.0170 e. The van der Waals surface area contributed by atoms with E-state index >= 15 is 0 Å². The zero-order valence-electron chi connectivity index (χ0n) is 10.5. The Labute approximate surface area is 104 Å². The maximum atomic E-state index is 6.03. The van der Waals surface area contributed by atoms with Crippen LogP contribution in [-0.2, 0) is 0 Å². The molecule has 2 N–H and O–H groups in total. The SMILES string of the molecule is CC1CC(N)CN(CC=Cc2ccccc2)C1. The Hall–Kier alpha value is -1.12. The molecule has 1 saturated heterocycles. The van der Waals surface area contributed by atoms with E-state index in [-0.39, 0.29) is 0 Å². The number of benzene rings is 1. The summed E-state index contributed by atoms with van der Waals surface area (Å²) in [6, 6.07) is 10.8. The lowest BCUT2D eigenvalue weighted by molar-refractivity contribution is 0.181. The molecule has 1 aromatic carbocycles. The van der Waals surface area contributed by atoms with Gasteiger partial charge < -0.3 is 5.73 Å². The third-order valence-corrected chi connectivity index (χ3v) is 3.24. The molecule has 0 spiro atoms. The number of piperidine rings is 1. The van der Waals surface area contributed by atoms with Crippen LogP contribution in [0.4, 0.5) is 0 Å². The fraction of sp³-hybridized carbons (Fsp3) is 0.467. The lowest BCUT2D eigenvalue weighted by Crippen LogP contribution is -2.46. The number of rotatable bonds is 3. The first-order chi connectivity index (χ1) is 8.24. The molecule has 0 radical (unpaired) electrons. The van der Waals surface area contributed by atoms with Crippen LogP contribution >= 0.6 is 0 Å². The summed E-state index contributed by atoms with van der Waals surface area (Å²) in [5, 5.41) is 0. The van der Waals surface area contributed by atoms with Crippen molar-refractivity contribution in [2.24, 2.45) is 11.7 Å². The lowest BCUT2D eigenvalue weighted by atomic mass is 9.97. The molecule has 1 heterocycles. The third-order valence-electron chi connectivity index (χ3n) is 3.24. The van der Waals surface area contributed by atoms with Gasteiger partial charge in [-0.25, -0.2) is 0 Å². The quantitative estimate of drug-likeness (QED) is 0.863. The van der Waals surface area contributed by atoms with Crippen LogP contribution in [0.5, 0.6) is 0 Å². The zero-order chi connectivity index (χ0) is 12.1. The Bertz CT molecular complexity index is 348. The summed E-state index contributed by atoms with van der Waals surface area (Å²) in [4.78, 5) is 2.44. The van der Waals surface area contributed by atoms with Gasteiger partial charge in [0, 0.05) is 25.7 Å². The summed E-state index contributed by atoms with van der Waals surface area (Å²) in [6.45, 7) is 5.50.